The zero-order valence-electron chi connectivity index (χ0n) is 17.3. The van der Waals surface area contributed by atoms with Gasteiger partial charge in [-0.05, 0) is 18.9 Å². The Morgan fingerprint density at radius 2 is 2.10 bits per heavy atom. The van der Waals surface area contributed by atoms with Gasteiger partial charge in [-0.15, -0.1) is 24.0 Å². The lowest BCUT2D eigenvalue weighted by Crippen LogP contribution is -2.54. The van der Waals surface area contributed by atoms with Crippen LogP contribution in [0.1, 0.15) is 19.5 Å². The van der Waals surface area contributed by atoms with E-state index >= 15 is 0 Å². The van der Waals surface area contributed by atoms with Crippen molar-refractivity contribution in [3.63, 3.8) is 0 Å². The van der Waals surface area contributed by atoms with E-state index in [0.717, 1.165) is 19.0 Å². The summed E-state index contributed by atoms with van der Waals surface area (Å²) in [5.74, 6) is 1.03. The first-order valence-corrected chi connectivity index (χ1v) is 11.5. The minimum atomic E-state index is -3.41. The summed E-state index contributed by atoms with van der Waals surface area (Å²) in [5, 5.41) is 11.3. The first-order chi connectivity index (χ1) is 14.0. The van der Waals surface area contributed by atoms with E-state index < -0.39 is 10.0 Å². The molecule has 0 spiro atoms. The molecule has 0 radical (unpaired) electrons. The largest absolute Gasteiger partial charge is 0.364 e. The minimum Gasteiger partial charge on any atom is -0.364 e. The highest BCUT2D eigenvalue weighted by atomic mass is 127. The highest BCUT2D eigenvalue weighted by molar-refractivity contribution is 14.0. The van der Waals surface area contributed by atoms with Gasteiger partial charge in [0.2, 0.25) is 10.0 Å². The molecule has 0 aromatic carbocycles. The van der Waals surface area contributed by atoms with Crippen molar-refractivity contribution < 1.29 is 12.9 Å². The lowest BCUT2D eigenvalue weighted by atomic mass is 10.2. The number of aromatic nitrogens is 3. The van der Waals surface area contributed by atoms with E-state index in [-0.39, 0.29) is 29.7 Å². The average molecular weight is 551 g/mol. The van der Waals surface area contributed by atoms with Crippen molar-refractivity contribution >= 4 is 40.0 Å². The van der Waals surface area contributed by atoms with E-state index in [9.17, 15) is 8.42 Å². The van der Waals surface area contributed by atoms with Crippen molar-refractivity contribution in [1.82, 2.24) is 29.5 Å². The van der Waals surface area contributed by atoms with Gasteiger partial charge in [-0.3, -0.25) is 9.67 Å². The maximum atomic E-state index is 12.6. The second-order valence-electron chi connectivity index (χ2n) is 7.16. The molecule has 1 unspecified atom stereocenters. The highest BCUT2D eigenvalue weighted by Gasteiger charge is 2.29. The van der Waals surface area contributed by atoms with Crippen LogP contribution in [0.25, 0.3) is 0 Å². The molecule has 2 aromatic heterocycles. The Kier molecular flexibility index (Phi) is 9.55. The van der Waals surface area contributed by atoms with Gasteiger partial charge in [-0.25, -0.2) is 8.42 Å². The third-order valence-corrected chi connectivity index (χ3v) is 6.51. The smallest absolute Gasteiger partial charge is 0.220 e. The van der Waals surface area contributed by atoms with Crippen LogP contribution >= 0.6 is 24.0 Å². The maximum Gasteiger partial charge on any atom is 0.220 e. The fourth-order valence-corrected chi connectivity index (χ4v) is 4.65. The topological polar surface area (TPSA) is 109 Å². The molecule has 3 rings (SSSR count). The zero-order chi connectivity index (χ0) is 20.7. The van der Waals surface area contributed by atoms with E-state index in [1.165, 1.54) is 10.6 Å². The number of aliphatic imine (C=N–C) groups is 1. The monoisotopic (exact) mass is 551 g/mol. The molecule has 12 heteroatoms. The zero-order valence-corrected chi connectivity index (χ0v) is 20.5. The Bertz CT molecular complexity index is 864. The Morgan fingerprint density at radius 1 is 1.33 bits per heavy atom. The van der Waals surface area contributed by atoms with Gasteiger partial charge in [-0.1, -0.05) is 12.1 Å². The lowest BCUT2D eigenvalue weighted by molar-refractivity contribution is 0.259. The van der Waals surface area contributed by atoms with E-state index in [1.807, 2.05) is 23.9 Å². The minimum absolute atomic E-state index is 0. The number of rotatable bonds is 8. The number of guanidine groups is 1. The van der Waals surface area contributed by atoms with Gasteiger partial charge in [-0.2, -0.15) is 9.40 Å². The predicted octanol–water partition coefficient (Wildman–Crippen LogP) is 1.24. The Labute approximate surface area is 194 Å². The van der Waals surface area contributed by atoms with Crippen LogP contribution < -0.4 is 5.32 Å². The molecule has 2 aromatic rings. The second kappa shape index (κ2) is 11.6. The van der Waals surface area contributed by atoms with Gasteiger partial charge in [0.25, 0.3) is 0 Å². The Hall–Kier alpha value is -1.67. The van der Waals surface area contributed by atoms with Gasteiger partial charge in [0, 0.05) is 64.3 Å². The van der Waals surface area contributed by atoms with Gasteiger partial charge in [0.15, 0.2) is 5.96 Å². The first-order valence-electron chi connectivity index (χ1n) is 9.85. The van der Waals surface area contributed by atoms with Gasteiger partial charge >= 0.3 is 0 Å². The standard InChI is InChI=1S/C18H29N7O3S.HI/c1-3-19-18(20-13-16(2)14-24-7-4-6-21-24)23-8-10-25(11-9-23)29(26,27)15-17-5-12-28-22-17;/h4-7,12,16H,3,8-11,13-15H2,1-2H3,(H,19,20);1H. The van der Waals surface area contributed by atoms with E-state index in [2.05, 4.69) is 27.4 Å². The number of nitrogens with zero attached hydrogens (tertiary/aromatic N) is 6. The summed E-state index contributed by atoms with van der Waals surface area (Å²) < 4.78 is 33.3. The summed E-state index contributed by atoms with van der Waals surface area (Å²) in [7, 11) is -3.41. The highest BCUT2D eigenvalue weighted by Crippen LogP contribution is 2.13. The fourth-order valence-electron chi connectivity index (χ4n) is 3.22. The summed E-state index contributed by atoms with van der Waals surface area (Å²) in [6, 6.07) is 3.49. The molecule has 1 saturated heterocycles. The molecule has 1 aliphatic rings. The SMILES string of the molecule is CCNC(=NCC(C)Cn1cccn1)N1CCN(S(=O)(=O)Cc2ccon2)CC1.I. The van der Waals surface area contributed by atoms with Crippen molar-refractivity contribution in [3.05, 3.63) is 36.5 Å². The predicted molar refractivity (Wildman–Crippen MR) is 125 cm³/mol. The Morgan fingerprint density at radius 3 is 2.70 bits per heavy atom. The van der Waals surface area contributed by atoms with Crippen LogP contribution in [-0.2, 0) is 22.3 Å². The summed E-state index contributed by atoms with van der Waals surface area (Å²) in [6.07, 6.45) is 5.11. The van der Waals surface area contributed by atoms with Crippen LogP contribution in [-0.4, -0.2) is 77.8 Å². The molecule has 1 aliphatic heterocycles. The molecule has 168 valence electrons. The van der Waals surface area contributed by atoms with Crippen molar-refractivity contribution in [3.8, 4) is 0 Å². The van der Waals surface area contributed by atoms with E-state index in [0.29, 0.717) is 44.3 Å². The van der Waals surface area contributed by atoms with Crippen molar-refractivity contribution in [2.45, 2.75) is 26.1 Å². The first kappa shape index (κ1) is 24.6. The molecular formula is C18H30IN7O3S. The van der Waals surface area contributed by atoms with Crippen molar-refractivity contribution in [2.75, 3.05) is 39.3 Å². The van der Waals surface area contributed by atoms with Crippen LogP contribution in [0.5, 0.6) is 0 Å². The number of halogens is 1. The molecule has 1 fully saturated rings. The molecular weight excluding hydrogens is 521 g/mol. The maximum absolute atomic E-state index is 12.6. The Balaban J connectivity index is 0.00000320. The third-order valence-electron chi connectivity index (χ3n) is 4.70. The molecule has 0 saturated carbocycles. The van der Waals surface area contributed by atoms with E-state index in [1.54, 1.807) is 12.3 Å². The van der Waals surface area contributed by atoms with Crippen molar-refractivity contribution in [2.24, 2.45) is 10.9 Å². The van der Waals surface area contributed by atoms with Gasteiger partial charge in [0.05, 0.1) is 5.69 Å². The van der Waals surface area contributed by atoms with Crippen LogP contribution in [0.4, 0.5) is 0 Å². The van der Waals surface area contributed by atoms with Crippen LogP contribution in [0.2, 0.25) is 0 Å². The summed E-state index contributed by atoms with van der Waals surface area (Å²) >= 11 is 0. The van der Waals surface area contributed by atoms with Gasteiger partial charge in [0.1, 0.15) is 12.0 Å². The summed E-state index contributed by atoms with van der Waals surface area (Å²) in [6.45, 7) is 8.45. The lowest BCUT2D eigenvalue weighted by Gasteiger charge is -2.35. The summed E-state index contributed by atoms with van der Waals surface area (Å²) in [5.41, 5.74) is 0.425. The number of nitrogens with one attached hydrogen (secondary N) is 1. The number of piperazine rings is 1. The third kappa shape index (κ3) is 6.94. The molecule has 30 heavy (non-hydrogen) atoms. The molecule has 0 amide bonds. The second-order valence-corrected chi connectivity index (χ2v) is 9.13. The van der Waals surface area contributed by atoms with Crippen LogP contribution in [0.15, 0.2) is 40.3 Å². The quantitative estimate of drug-likeness (QED) is 0.299. The molecule has 3 heterocycles. The number of hydrogen-bond donors (Lipinski definition) is 1. The molecule has 1 atom stereocenters. The van der Waals surface area contributed by atoms with Crippen LogP contribution in [0, 0.1) is 5.92 Å². The van der Waals surface area contributed by atoms with Crippen molar-refractivity contribution in [1.29, 1.82) is 0 Å². The molecule has 0 aliphatic carbocycles. The van der Waals surface area contributed by atoms with Gasteiger partial charge < -0.3 is 14.7 Å². The normalized spacial score (nSPS) is 16.9. The average Bonchev–Trinajstić information content (AvgIpc) is 3.39. The fraction of sp³-hybridized carbons (Fsp3) is 0.611. The summed E-state index contributed by atoms with van der Waals surface area (Å²) in [4.78, 5) is 6.88. The number of sulfonamides is 1. The molecule has 0 bridgehead atoms. The van der Waals surface area contributed by atoms with E-state index in [4.69, 9.17) is 9.52 Å². The van der Waals surface area contributed by atoms with Crippen LogP contribution in [0.3, 0.4) is 0 Å². The molecule has 1 N–H and O–H groups in total. The number of hydrogen-bond acceptors (Lipinski definition) is 6. The molecule has 10 nitrogen and oxygen atoms in total.